The van der Waals surface area contributed by atoms with Gasteiger partial charge in [-0.25, -0.2) is 0 Å². The Morgan fingerprint density at radius 3 is 2.61 bits per heavy atom. The molecule has 0 saturated carbocycles. The molecular weight excluding hydrogens is 394 g/mol. The Bertz CT molecular complexity index is 1070. The highest BCUT2D eigenvalue weighted by molar-refractivity contribution is 5.91. The number of ether oxygens (including phenoxy) is 1. The minimum absolute atomic E-state index is 0.00564. The topological polar surface area (TPSA) is 85.6 Å². The predicted octanol–water partition coefficient (Wildman–Crippen LogP) is 4.80. The lowest BCUT2D eigenvalue weighted by Gasteiger charge is -2.24. The van der Waals surface area contributed by atoms with Crippen molar-refractivity contribution in [3.63, 3.8) is 0 Å². The number of carbonyl (C=O) groups is 1. The molecule has 0 bridgehead atoms. The highest BCUT2D eigenvalue weighted by Crippen LogP contribution is 2.23. The third-order valence-corrected chi connectivity index (χ3v) is 4.90. The van der Waals surface area contributed by atoms with Crippen LogP contribution in [0.3, 0.4) is 0 Å². The van der Waals surface area contributed by atoms with Crippen molar-refractivity contribution in [2.45, 2.75) is 19.6 Å². The standard InChI is InChI=1S/C24H23N3O4/c1-18(20-6-5-8-22(16-20)27(29)30)26(2)24(28)14-11-19-9-12-23(13-10-19)31-17-21-7-3-4-15-25-21/h3-16,18H,17H2,1-2H3/b14-11+/t18-/m1/s1. The van der Waals surface area contributed by atoms with Gasteiger partial charge in [0.15, 0.2) is 0 Å². The van der Waals surface area contributed by atoms with Gasteiger partial charge in [-0.2, -0.15) is 0 Å². The summed E-state index contributed by atoms with van der Waals surface area (Å²) in [7, 11) is 1.67. The minimum Gasteiger partial charge on any atom is -0.487 e. The van der Waals surface area contributed by atoms with Gasteiger partial charge in [-0.3, -0.25) is 19.9 Å². The van der Waals surface area contributed by atoms with Gasteiger partial charge in [-0.1, -0.05) is 30.3 Å². The zero-order chi connectivity index (χ0) is 22.2. The SMILES string of the molecule is C[C@H](c1cccc([N+](=O)[O-])c1)N(C)C(=O)/C=C/c1ccc(OCc2ccccn2)cc1. The van der Waals surface area contributed by atoms with Crippen LogP contribution in [-0.4, -0.2) is 27.8 Å². The molecule has 2 aromatic carbocycles. The third kappa shape index (κ3) is 5.99. The first-order chi connectivity index (χ1) is 14.9. The number of pyridine rings is 1. The van der Waals surface area contributed by atoms with Crippen LogP contribution in [0.2, 0.25) is 0 Å². The van der Waals surface area contributed by atoms with Crippen LogP contribution < -0.4 is 4.74 Å². The molecular formula is C24H23N3O4. The van der Waals surface area contributed by atoms with Gasteiger partial charge in [0, 0.05) is 31.5 Å². The largest absolute Gasteiger partial charge is 0.487 e. The predicted molar refractivity (Wildman–Crippen MR) is 118 cm³/mol. The first kappa shape index (κ1) is 21.7. The van der Waals surface area contributed by atoms with Crippen molar-refractivity contribution in [1.29, 1.82) is 0 Å². The van der Waals surface area contributed by atoms with Gasteiger partial charge >= 0.3 is 0 Å². The first-order valence-electron chi connectivity index (χ1n) is 9.76. The van der Waals surface area contributed by atoms with E-state index in [4.69, 9.17) is 4.74 Å². The number of nitro groups is 1. The van der Waals surface area contributed by atoms with E-state index in [9.17, 15) is 14.9 Å². The Kier molecular flexibility index (Phi) is 7.11. The second-order valence-corrected chi connectivity index (χ2v) is 6.99. The molecule has 0 aliphatic heterocycles. The van der Waals surface area contributed by atoms with Crippen molar-refractivity contribution in [3.8, 4) is 5.75 Å². The number of aromatic nitrogens is 1. The summed E-state index contributed by atoms with van der Waals surface area (Å²) in [6, 6.07) is 19.1. The molecule has 0 saturated heterocycles. The van der Waals surface area contributed by atoms with E-state index >= 15 is 0 Å². The zero-order valence-corrected chi connectivity index (χ0v) is 17.3. The van der Waals surface area contributed by atoms with Gasteiger partial charge in [-0.05, 0) is 48.4 Å². The summed E-state index contributed by atoms with van der Waals surface area (Å²) in [6.07, 6.45) is 4.93. The Morgan fingerprint density at radius 2 is 1.94 bits per heavy atom. The molecule has 158 valence electrons. The number of hydrogen-bond donors (Lipinski definition) is 0. The number of carbonyl (C=O) groups excluding carboxylic acids is 1. The van der Waals surface area contributed by atoms with Crippen LogP contribution in [0.25, 0.3) is 6.08 Å². The van der Waals surface area contributed by atoms with E-state index in [0.717, 1.165) is 11.3 Å². The maximum Gasteiger partial charge on any atom is 0.269 e. The number of nitro benzene ring substituents is 1. The molecule has 0 spiro atoms. The van der Waals surface area contributed by atoms with Gasteiger partial charge in [0.2, 0.25) is 5.91 Å². The highest BCUT2D eigenvalue weighted by atomic mass is 16.6. The molecule has 0 radical (unpaired) electrons. The van der Waals surface area contributed by atoms with Gasteiger partial charge in [0.05, 0.1) is 16.7 Å². The van der Waals surface area contributed by atoms with Crippen molar-refractivity contribution < 1.29 is 14.5 Å². The smallest absolute Gasteiger partial charge is 0.269 e. The van der Waals surface area contributed by atoms with Gasteiger partial charge in [-0.15, -0.1) is 0 Å². The molecule has 7 heteroatoms. The third-order valence-electron chi connectivity index (χ3n) is 4.90. The molecule has 0 N–H and O–H groups in total. The monoisotopic (exact) mass is 417 g/mol. The van der Waals surface area contributed by atoms with E-state index in [1.54, 1.807) is 36.4 Å². The summed E-state index contributed by atoms with van der Waals surface area (Å²) in [5.41, 5.74) is 2.41. The van der Waals surface area contributed by atoms with Crippen LogP contribution >= 0.6 is 0 Å². The molecule has 1 heterocycles. The fraction of sp³-hybridized carbons (Fsp3) is 0.167. The number of rotatable bonds is 8. The Hall–Kier alpha value is -4.00. The summed E-state index contributed by atoms with van der Waals surface area (Å²) < 4.78 is 5.71. The fourth-order valence-electron chi connectivity index (χ4n) is 2.91. The molecule has 1 aromatic heterocycles. The molecule has 0 fully saturated rings. The summed E-state index contributed by atoms with van der Waals surface area (Å²) in [5.74, 6) is 0.514. The summed E-state index contributed by atoms with van der Waals surface area (Å²) >= 11 is 0. The first-order valence-corrected chi connectivity index (χ1v) is 9.76. The lowest BCUT2D eigenvalue weighted by molar-refractivity contribution is -0.384. The van der Waals surface area contributed by atoms with E-state index in [2.05, 4.69) is 4.98 Å². The second-order valence-electron chi connectivity index (χ2n) is 6.99. The molecule has 1 atom stereocenters. The quantitative estimate of drug-likeness (QED) is 0.298. The van der Waals surface area contributed by atoms with Crippen LogP contribution in [-0.2, 0) is 11.4 Å². The minimum atomic E-state index is -0.443. The van der Waals surface area contributed by atoms with Crippen molar-refractivity contribution >= 4 is 17.7 Å². The average Bonchev–Trinajstić information content (AvgIpc) is 2.81. The average molecular weight is 417 g/mol. The van der Waals surface area contributed by atoms with Crippen molar-refractivity contribution in [3.05, 3.63) is 106 Å². The van der Waals surface area contributed by atoms with Crippen LogP contribution in [0.1, 0.15) is 29.8 Å². The molecule has 31 heavy (non-hydrogen) atoms. The van der Waals surface area contributed by atoms with Crippen LogP contribution in [0.4, 0.5) is 5.69 Å². The van der Waals surface area contributed by atoms with Crippen LogP contribution in [0.5, 0.6) is 5.75 Å². The Morgan fingerprint density at radius 1 is 1.16 bits per heavy atom. The van der Waals surface area contributed by atoms with E-state index in [0.29, 0.717) is 17.9 Å². The Labute approximate surface area is 180 Å². The number of benzene rings is 2. The van der Waals surface area contributed by atoms with Crippen molar-refractivity contribution in [1.82, 2.24) is 9.88 Å². The lowest BCUT2D eigenvalue weighted by Crippen LogP contribution is -2.28. The number of non-ortho nitro benzene ring substituents is 1. The maximum atomic E-state index is 12.5. The maximum absolute atomic E-state index is 12.5. The molecule has 0 aliphatic carbocycles. The normalized spacial score (nSPS) is 11.8. The highest BCUT2D eigenvalue weighted by Gasteiger charge is 2.17. The van der Waals surface area contributed by atoms with E-state index in [1.165, 1.54) is 18.2 Å². The summed E-state index contributed by atoms with van der Waals surface area (Å²) in [6.45, 7) is 2.22. The van der Waals surface area contributed by atoms with E-state index in [1.807, 2.05) is 49.4 Å². The Balaban J connectivity index is 1.58. The second kappa shape index (κ2) is 10.2. The lowest BCUT2D eigenvalue weighted by atomic mass is 10.1. The molecule has 1 amide bonds. The van der Waals surface area contributed by atoms with E-state index < -0.39 is 4.92 Å². The molecule has 0 aliphatic rings. The molecule has 7 nitrogen and oxygen atoms in total. The molecule has 3 rings (SSSR count). The summed E-state index contributed by atoms with van der Waals surface area (Å²) in [5, 5.41) is 11.0. The van der Waals surface area contributed by atoms with Gasteiger partial charge in [0.1, 0.15) is 12.4 Å². The van der Waals surface area contributed by atoms with Gasteiger partial charge < -0.3 is 9.64 Å². The van der Waals surface area contributed by atoms with Crippen molar-refractivity contribution in [2.24, 2.45) is 0 Å². The van der Waals surface area contributed by atoms with Crippen LogP contribution in [0.15, 0.2) is 79.0 Å². The van der Waals surface area contributed by atoms with Gasteiger partial charge in [0.25, 0.3) is 5.69 Å². The molecule has 0 unspecified atom stereocenters. The molecule has 3 aromatic rings. The zero-order valence-electron chi connectivity index (χ0n) is 17.3. The van der Waals surface area contributed by atoms with E-state index in [-0.39, 0.29) is 17.6 Å². The fourth-order valence-corrected chi connectivity index (χ4v) is 2.91. The number of likely N-dealkylation sites (N-methyl/N-ethyl adjacent to an activating group) is 1. The number of hydrogen-bond acceptors (Lipinski definition) is 5. The van der Waals surface area contributed by atoms with Crippen molar-refractivity contribution in [2.75, 3.05) is 7.05 Å². The number of amides is 1. The van der Waals surface area contributed by atoms with Crippen LogP contribution in [0, 0.1) is 10.1 Å². The summed E-state index contributed by atoms with van der Waals surface area (Å²) in [4.78, 5) is 28.8. The number of nitrogens with zero attached hydrogens (tertiary/aromatic N) is 3.